The van der Waals surface area contributed by atoms with Crippen LogP contribution in [0.4, 0.5) is 0 Å². The second-order valence-corrected chi connectivity index (χ2v) is 3.90. The lowest BCUT2D eigenvalue weighted by molar-refractivity contribution is -0.121. The van der Waals surface area contributed by atoms with Crippen LogP contribution >= 0.6 is 0 Å². The lowest BCUT2D eigenvalue weighted by Gasteiger charge is -2.28. The molecule has 8 nitrogen and oxygen atoms in total. The summed E-state index contributed by atoms with van der Waals surface area (Å²) < 4.78 is 0. The third kappa shape index (κ3) is 3.14. The molecule has 8 heteroatoms. The molecule has 0 aliphatic carbocycles. The van der Waals surface area contributed by atoms with Crippen molar-refractivity contribution >= 4 is 11.7 Å². The molecule has 0 unspecified atom stereocenters. The monoisotopic (exact) mass is 272 g/mol. The summed E-state index contributed by atoms with van der Waals surface area (Å²) in [5, 5.41) is 14.8. The molecular formula is C12H12N6O2. The number of benzene rings is 1. The zero-order chi connectivity index (χ0) is 14.4. The number of carbonyl (C=O) groups excluding carboxylic acids is 1. The van der Waals surface area contributed by atoms with Crippen molar-refractivity contribution in [1.29, 1.82) is 5.41 Å². The molecule has 0 saturated carbocycles. The minimum atomic E-state index is -0.821. The maximum absolute atomic E-state index is 11.5. The highest BCUT2D eigenvalue weighted by Crippen LogP contribution is 2.11. The highest BCUT2D eigenvalue weighted by atomic mass is 16.7. The first-order valence-corrected chi connectivity index (χ1v) is 5.78. The van der Waals surface area contributed by atoms with Gasteiger partial charge in [0.15, 0.2) is 5.84 Å². The first kappa shape index (κ1) is 13.6. The molecule has 2 rings (SSSR count). The smallest absolute Gasteiger partial charge is 0.254 e. The standard InChI is InChI=1S/C12H12N6O2/c13-11-10(12(19)16-17-14)6-15-8-18(11)20-7-9-4-2-1-3-5-9/h1-6,13,15H,7-8H2. The van der Waals surface area contributed by atoms with Crippen molar-refractivity contribution in [3.05, 3.63) is 58.1 Å². The fourth-order valence-corrected chi connectivity index (χ4v) is 1.61. The summed E-state index contributed by atoms with van der Waals surface area (Å²) in [5.74, 6) is -0.963. The second-order valence-electron chi connectivity index (χ2n) is 3.90. The van der Waals surface area contributed by atoms with Gasteiger partial charge >= 0.3 is 0 Å². The zero-order valence-corrected chi connectivity index (χ0v) is 10.5. The summed E-state index contributed by atoms with van der Waals surface area (Å²) in [6.45, 7) is 0.507. The van der Waals surface area contributed by atoms with Crippen molar-refractivity contribution < 1.29 is 9.63 Å². The third-order valence-electron chi connectivity index (χ3n) is 2.58. The van der Waals surface area contributed by atoms with E-state index in [1.54, 1.807) is 0 Å². The van der Waals surface area contributed by atoms with E-state index in [0.29, 0.717) is 0 Å². The van der Waals surface area contributed by atoms with Crippen LogP contribution in [0.5, 0.6) is 0 Å². The van der Waals surface area contributed by atoms with Gasteiger partial charge in [-0.05, 0) is 16.2 Å². The van der Waals surface area contributed by atoms with E-state index in [9.17, 15) is 4.79 Å². The average Bonchev–Trinajstić information content (AvgIpc) is 2.47. The van der Waals surface area contributed by atoms with Crippen molar-refractivity contribution in [3.63, 3.8) is 0 Å². The third-order valence-corrected chi connectivity index (χ3v) is 2.58. The maximum atomic E-state index is 11.5. The molecular weight excluding hydrogens is 260 g/mol. The molecule has 1 amide bonds. The summed E-state index contributed by atoms with van der Waals surface area (Å²) in [7, 11) is 0. The number of hydroxylamine groups is 2. The number of rotatable bonds is 4. The molecule has 1 aromatic rings. The number of hydrogen-bond donors (Lipinski definition) is 2. The normalized spacial score (nSPS) is 14.1. The molecule has 0 aromatic heterocycles. The van der Waals surface area contributed by atoms with Gasteiger partial charge in [-0.3, -0.25) is 15.0 Å². The predicted molar refractivity (Wildman–Crippen MR) is 71.0 cm³/mol. The number of nitrogens with one attached hydrogen (secondary N) is 2. The summed E-state index contributed by atoms with van der Waals surface area (Å²) in [6, 6.07) is 9.45. The van der Waals surface area contributed by atoms with Crippen molar-refractivity contribution in [1.82, 2.24) is 10.4 Å². The van der Waals surface area contributed by atoms with Gasteiger partial charge < -0.3 is 5.32 Å². The first-order valence-electron chi connectivity index (χ1n) is 5.78. The number of amides is 1. The van der Waals surface area contributed by atoms with Crippen molar-refractivity contribution in [2.75, 3.05) is 6.67 Å². The summed E-state index contributed by atoms with van der Waals surface area (Å²) in [4.78, 5) is 19.3. The maximum Gasteiger partial charge on any atom is 0.254 e. The molecule has 0 radical (unpaired) electrons. The molecule has 0 saturated heterocycles. The summed E-state index contributed by atoms with van der Waals surface area (Å²) in [5.41, 5.74) is 9.15. The number of azide groups is 1. The highest BCUT2D eigenvalue weighted by molar-refractivity contribution is 6.19. The van der Waals surface area contributed by atoms with Gasteiger partial charge in [0.2, 0.25) is 0 Å². The fourth-order valence-electron chi connectivity index (χ4n) is 1.61. The first-order chi connectivity index (χ1) is 9.72. The van der Waals surface area contributed by atoms with Crippen LogP contribution in [0.25, 0.3) is 10.4 Å². The Hall–Kier alpha value is -2.83. The van der Waals surface area contributed by atoms with E-state index in [2.05, 4.69) is 15.3 Å². The molecule has 1 aliphatic heterocycles. The average molecular weight is 272 g/mol. The molecule has 1 heterocycles. The lowest BCUT2D eigenvalue weighted by atomic mass is 10.2. The molecule has 0 spiro atoms. The van der Waals surface area contributed by atoms with Crippen LogP contribution in [0, 0.1) is 5.41 Å². The van der Waals surface area contributed by atoms with Gasteiger partial charge in [-0.15, -0.1) is 0 Å². The molecule has 2 N–H and O–H groups in total. The van der Waals surface area contributed by atoms with Crippen LogP contribution in [0.3, 0.4) is 0 Å². The van der Waals surface area contributed by atoms with E-state index < -0.39 is 5.91 Å². The molecule has 0 fully saturated rings. The Morgan fingerprint density at radius 2 is 2.25 bits per heavy atom. The van der Waals surface area contributed by atoms with E-state index in [4.69, 9.17) is 15.8 Å². The van der Waals surface area contributed by atoms with Gasteiger partial charge in [-0.25, -0.2) is 5.06 Å². The fraction of sp³-hybridized carbons (Fsp3) is 0.167. The Morgan fingerprint density at radius 1 is 1.50 bits per heavy atom. The van der Waals surface area contributed by atoms with Crippen molar-refractivity contribution in [2.24, 2.45) is 5.11 Å². The topological polar surface area (TPSA) is 114 Å². The Kier molecular flexibility index (Phi) is 4.33. The molecule has 102 valence electrons. The Balaban J connectivity index is 2.01. The highest BCUT2D eigenvalue weighted by Gasteiger charge is 2.23. The van der Waals surface area contributed by atoms with Gasteiger partial charge in [0.1, 0.15) is 13.3 Å². The van der Waals surface area contributed by atoms with Gasteiger partial charge in [0.05, 0.1) is 5.57 Å². The zero-order valence-electron chi connectivity index (χ0n) is 10.5. The van der Waals surface area contributed by atoms with E-state index >= 15 is 0 Å². The number of hydrogen-bond acceptors (Lipinski definition) is 4. The van der Waals surface area contributed by atoms with Crippen LogP contribution in [-0.4, -0.2) is 23.5 Å². The molecule has 20 heavy (non-hydrogen) atoms. The SMILES string of the molecule is [N-]=[N+]=NC(=O)C1=CNCN(OCc2ccccc2)C1=N. The number of nitrogens with zero attached hydrogens (tertiary/aromatic N) is 4. The predicted octanol–water partition coefficient (Wildman–Crippen LogP) is 1.68. The van der Waals surface area contributed by atoms with Crippen LogP contribution in [0.2, 0.25) is 0 Å². The Bertz CT molecular complexity index is 591. The summed E-state index contributed by atoms with van der Waals surface area (Å²) in [6.07, 6.45) is 1.34. The van der Waals surface area contributed by atoms with Gasteiger partial charge in [-0.1, -0.05) is 30.3 Å². The van der Waals surface area contributed by atoms with Gasteiger partial charge in [-0.2, -0.15) is 0 Å². The minimum absolute atomic E-state index is 0.0397. The molecule has 0 bridgehead atoms. The Morgan fingerprint density at radius 3 is 2.95 bits per heavy atom. The van der Waals surface area contributed by atoms with Gasteiger partial charge in [0, 0.05) is 11.1 Å². The minimum Gasteiger partial charge on any atom is -0.371 e. The molecule has 1 aromatic carbocycles. The van der Waals surface area contributed by atoms with E-state index in [1.807, 2.05) is 30.3 Å². The lowest BCUT2D eigenvalue weighted by Crippen LogP contribution is -2.43. The molecule has 0 atom stereocenters. The van der Waals surface area contributed by atoms with E-state index in [1.165, 1.54) is 11.3 Å². The molecule has 1 aliphatic rings. The second kappa shape index (κ2) is 6.37. The quantitative estimate of drug-likeness (QED) is 0.493. The number of carbonyl (C=O) groups is 1. The summed E-state index contributed by atoms with van der Waals surface area (Å²) >= 11 is 0. The van der Waals surface area contributed by atoms with Gasteiger partial charge in [0.25, 0.3) is 5.91 Å². The van der Waals surface area contributed by atoms with E-state index in [-0.39, 0.29) is 24.7 Å². The van der Waals surface area contributed by atoms with Crippen LogP contribution < -0.4 is 5.32 Å². The van der Waals surface area contributed by atoms with Crippen LogP contribution in [0.1, 0.15) is 5.56 Å². The number of amidine groups is 1. The van der Waals surface area contributed by atoms with E-state index in [0.717, 1.165) is 5.56 Å². The van der Waals surface area contributed by atoms with Crippen LogP contribution in [0.15, 0.2) is 47.2 Å². The largest absolute Gasteiger partial charge is 0.371 e. The Labute approximate surface area is 114 Å². The van der Waals surface area contributed by atoms with Crippen molar-refractivity contribution in [2.45, 2.75) is 6.61 Å². The van der Waals surface area contributed by atoms with Crippen LogP contribution in [-0.2, 0) is 16.2 Å². The van der Waals surface area contributed by atoms with Crippen molar-refractivity contribution in [3.8, 4) is 0 Å².